The van der Waals surface area contributed by atoms with Crippen LogP contribution in [0.5, 0.6) is 5.75 Å². The molecule has 0 aliphatic heterocycles. The topological polar surface area (TPSA) is 67.0 Å². The number of aromatic amines is 1. The van der Waals surface area contributed by atoms with Gasteiger partial charge in [0.15, 0.2) is 5.82 Å². The van der Waals surface area contributed by atoms with Crippen LogP contribution < -0.4 is 10.1 Å². The van der Waals surface area contributed by atoms with Crippen molar-refractivity contribution in [3.63, 3.8) is 0 Å². The number of carbonyl (C=O) groups excluding carboxylic acids is 1. The van der Waals surface area contributed by atoms with Crippen LogP contribution in [0.3, 0.4) is 0 Å². The number of carbonyl (C=O) groups is 1. The van der Waals surface area contributed by atoms with Crippen LogP contribution >= 0.6 is 0 Å². The predicted octanol–water partition coefficient (Wildman–Crippen LogP) is 4.27. The molecule has 1 aliphatic carbocycles. The van der Waals surface area contributed by atoms with Crippen LogP contribution in [0.15, 0.2) is 18.2 Å². The molecular formula is C17H20F3N3O2. The number of halogens is 3. The first-order valence-corrected chi connectivity index (χ1v) is 8.25. The molecule has 0 saturated heterocycles. The molecule has 1 fully saturated rings. The van der Waals surface area contributed by atoms with E-state index >= 15 is 0 Å². The van der Waals surface area contributed by atoms with E-state index in [2.05, 4.69) is 15.5 Å². The van der Waals surface area contributed by atoms with Crippen LogP contribution in [0.1, 0.15) is 32.1 Å². The van der Waals surface area contributed by atoms with Crippen molar-refractivity contribution in [1.82, 2.24) is 10.2 Å². The van der Waals surface area contributed by atoms with Crippen molar-refractivity contribution in [3.05, 3.63) is 18.2 Å². The second-order valence-corrected chi connectivity index (χ2v) is 6.50. The van der Waals surface area contributed by atoms with E-state index < -0.39 is 12.1 Å². The number of nitrogens with zero attached hydrogens (tertiary/aromatic N) is 1. The first kappa shape index (κ1) is 17.6. The summed E-state index contributed by atoms with van der Waals surface area (Å²) in [6, 6.07) is 5.34. The Morgan fingerprint density at radius 3 is 2.68 bits per heavy atom. The smallest absolute Gasteiger partial charge is 0.391 e. The molecule has 5 nitrogen and oxygen atoms in total. The summed E-state index contributed by atoms with van der Waals surface area (Å²) in [6.45, 7) is 0. The van der Waals surface area contributed by atoms with Crippen molar-refractivity contribution >= 4 is 22.6 Å². The van der Waals surface area contributed by atoms with Gasteiger partial charge in [-0.1, -0.05) is 0 Å². The third-order valence-electron chi connectivity index (χ3n) is 4.81. The predicted molar refractivity (Wildman–Crippen MR) is 87.4 cm³/mol. The van der Waals surface area contributed by atoms with Crippen LogP contribution in [0.4, 0.5) is 19.0 Å². The molecule has 1 aromatic heterocycles. The van der Waals surface area contributed by atoms with Gasteiger partial charge in [-0.15, -0.1) is 0 Å². The van der Waals surface area contributed by atoms with E-state index in [9.17, 15) is 18.0 Å². The minimum Gasteiger partial charge on any atom is -0.497 e. The van der Waals surface area contributed by atoms with Gasteiger partial charge in [0.25, 0.3) is 0 Å². The monoisotopic (exact) mass is 355 g/mol. The number of hydrogen-bond donors (Lipinski definition) is 2. The van der Waals surface area contributed by atoms with Gasteiger partial charge in [0.05, 0.1) is 18.5 Å². The Hall–Kier alpha value is -2.25. The lowest BCUT2D eigenvalue weighted by atomic mass is 9.80. The molecule has 136 valence electrons. The maximum absolute atomic E-state index is 12.7. The Balaban J connectivity index is 1.57. The largest absolute Gasteiger partial charge is 0.497 e. The third kappa shape index (κ3) is 4.05. The third-order valence-corrected chi connectivity index (χ3v) is 4.81. The summed E-state index contributed by atoms with van der Waals surface area (Å²) >= 11 is 0. The highest BCUT2D eigenvalue weighted by atomic mass is 19.4. The van der Waals surface area contributed by atoms with Gasteiger partial charge in [-0.05, 0) is 43.7 Å². The molecule has 0 atom stereocenters. The van der Waals surface area contributed by atoms with Crippen molar-refractivity contribution in [1.29, 1.82) is 0 Å². The molecule has 1 saturated carbocycles. The quantitative estimate of drug-likeness (QED) is 0.861. The molecule has 0 spiro atoms. The SMILES string of the molecule is COc1ccc2c(NC(=O)CC3CCC(C(F)(F)F)CC3)n[nH]c2c1. The van der Waals surface area contributed by atoms with Crippen LogP contribution in [0.2, 0.25) is 0 Å². The molecule has 1 amide bonds. The normalized spacial score (nSPS) is 21.3. The van der Waals surface area contributed by atoms with Crippen molar-refractivity contribution in [2.45, 2.75) is 38.3 Å². The average molecular weight is 355 g/mol. The van der Waals surface area contributed by atoms with E-state index in [4.69, 9.17) is 4.74 Å². The molecular weight excluding hydrogens is 335 g/mol. The molecule has 2 aromatic rings. The van der Waals surface area contributed by atoms with Gasteiger partial charge in [-0.3, -0.25) is 9.89 Å². The first-order valence-electron chi connectivity index (χ1n) is 8.25. The van der Waals surface area contributed by atoms with E-state index in [1.54, 1.807) is 25.3 Å². The zero-order valence-electron chi connectivity index (χ0n) is 13.8. The van der Waals surface area contributed by atoms with Gasteiger partial charge in [0, 0.05) is 17.9 Å². The van der Waals surface area contributed by atoms with Crippen molar-refractivity contribution in [2.24, 2.45) is 11.8 Å². The van der Waals surface area contributed by atoms with Crippen LogP contribution in [-0.2, 0) is 4.79 Å². The maximum Gasteiger partial charge on any atom is 0.391 e. The first-order chi connectivity index (χ1) is 11.9. The number of amides is 1. The highest BCUT2D eigenvalue weighted by molar-refractivity contribution is 5.99. The number of aromatic nitrogens is 2. The molecule has 0 bridgehead atoms. The van der Waals surface area contributed by atoms with Crippen molar-refractivity contribution in [3.8, 4) is 5.75 Å². The second kappa shape index (κ2) is 6.93. The lowest BCUT2D eigenvalue weighted by Gasteiger charge is -2.29. The minimum atomic E-state index is -4.12. The summed E-state index contributed by atoms with van der Waals surface area (Å²) in [4.78, 5) is 12.2. The summed E-state index contributed by atoms with van der Waals surface area (Å²) in [7, 11) is 1.56. The summed E-state index contributed by atoms with van der Waals surface area (Å²) in [5, 5.41) is 10.4. The molecule has 2 N–H and O–H groups in total. The zero-order valence-corrected chi connectivity index (χ0v) is 13.8. The van der Waals surface area contributed by atoms with E-state index in [-0.39, 0.29) is 31.1 Å². The molecule has 1 heterocycles. The number of rotatable bonds is 4. The van der Waals surface area contributed by atoms with Crippen LogP contribution in [0.25, 0.3) is 10.9 Å². The average Bonchev–Trinajstić information content (AvgIpc) is 2.96. The second-order valence-electron chi connectivity index (χ2n) is 6.50. The standard InChI is InChI=1S/C17H20F3N3O2/c1-25-12-6-7-13-14(9-12)22-23-16(13)21-15(24)8-10-2-4-11(5-3-10)17(18,19)20/h6-7,9-11H,2-5,8H2,1H3,(H2,21,22,23,24). The summed E-state index contributed by atoms with van der Waals surface area (Å²) in [5.74, 6) is -0.359. The highest BCUT2D eigenvalue weighted by Crippen LogP contribution is 2.40. The van der Waals surface area contributed by atoms with Gasteiger partial charge in [0.2, 0.25) is 5.91 Å². The number of alkyl halides is 3. The summed E-state index contributed by atoms with van der Waals surface area (Å²) < 4.78 is 43.2. The molecule has 25 heavy (non-hydrogen) atoms. The number of methoxy groups -OCH3 is 1. The van der Waals surface area contributed by atoms with Gasteiger partial charge in [-0.2, -0.15) is 18.3 Å². The number of nitrogens with one attached hydrogen (secondary N) is 2. The van der Waals surface area contributed by atoms with Gasteiger partial charge in [-0.25, -0.2) is 0 Å². The number of benzene rings is 1. The van der Waals surface area contributed by atoms with Crippen LogP contribution in [-0.4, -0.2) is 29.4 Å². The molecule has 8 heteroatoms. The Morgan fingerprint density at radius 1 is 1.32 bits per heavy atom. The van der Waals surface area contributed by atoms with Gasteiger partial charge >= 0.3 is 6.18 Å². The van der Waals surface area contributed by atoms with Crippen molar-refractivity contribution < 1.29 is 22.7 Å². The lowest BCUT2D eigenvalue weighted by Crippen LogP contribution is -2.29. The van der Waals surface area contributed by atoms with Crippen molar-refractivity contribution in [2.75, 3.05) is 12.4 Å². The number of hydrogen-bond acceptors (Lipinski definition) is 3. The fraction of sp³-hybridized carbons (Fsp3) is 0.529. The van der Waals surface area contributed by atoms with Gasteiger partial charge < -0.3 is 10.1 Å². The number of anilines is 1. The lowest BCUT2D eigenvalue weighted by molar-refractivity contribution is -0.183. The molecule has 1 aliphatic rings. The maximum atomic E-state index is 12.7. The number of H-pyrrole nitrogens is 1. The Morgan fingerprint density at radius 2 is 2.04 bits per heavy atom. The Kier molecular flexibility index (Phi) is 4.87. The molecule has 0 radical (unpaired) electrons. The van der Waals surface area contributed by atoms with E-state index in [1.165, 1.54) is 0 Å². The molecule has 1 aromatic carbocycles. The van der Waals surface area contributed by atoms with E-state index in [1.807, 2.05) is 0 Å². The fourth-order valence-electron chi connectivity index (χ4n) is 3.36. The van der Waals surface area contributed by atoms with Crippen LogP contribution in [0, 0.1) is 11.8 Å². The minimum absolute atomic E-state index is 0.0103. The summed E-state index contributed by atoms with van der Waals surface area (Å²) in [5.41, 5.74) is 0.736. The highest BCUT2D eigenvalue weighted by Gasteiger charge is 2.41. The Labute approximate surface area is 142 Å². The summed E-state index contributed by atoms with van der Waals surface area (Å²) in [6.07, 6.45) is -2.84. The molecule has 3 rings (SSSR count). The van der Waals surface area contributed by atoms with E-state index in [0.717, 1.165) is 10.9 Å². The fourth-order valence-corrected chi connectivity index (χ4v) is 3.36. The zero-order chi connectivity index (χ0) is 18.0. The van der Waals surface area contributed by atoms with E-state index in [0.29, 0.717) is 24.4 Å². The van der Waals surface area contributed by atoms with Gasteiger partial charge in [0.1, 0.15) is 5.75 Å². The number of ether oxygens (including phenoxy) is 1. The number of fused-ring (bicyclic) bond motifs is 1. The molecule has 0 unspecified atom stereocenters. The Bertz CT molecular complexity index is 749.